The van der Waals surface area contributed by atoms with Crippen LogP contribution in [0.3, 0.4) is 0 Å². The fourth-order valence-corrected chi connectivity index (χ4v) is 2.45. The zero-order chi connectivity index (χ0) is 14.7. The minimum absolute atomic E-state index is 0.0155. The van der Waals surface area contributed by atoms with E-state index in [0.717, 1.165) is 28.8 Å². The Balaban J connectivity index is 2.33. The average molecular weight is 274 g/mol. The Labute approximate surface area is 119 Å². The van der Waals surface area contributed by atoms with Crippen LogP contribution in [-0.4, -0.2) is 30.6 Å². The predicted molar refractivity (Wildman–Crippen MR) is 82.3 cm³/mol. The van der Waals surface area contributed by atoms with Crippen molar-refractivity contribution in [2.75, 3.05) is 20.7 Å². The Morgan fingerprint density at radius 3 is 2.70 bits per heavy atom. The van der Waals surface area contributed by atoms with Gasteiger partial charge in [0, 0.05) is 29.6 Å². The molecule has 108 valence electrons. The fraction of sp³-hybridized carbons (Fsp3) is 0.438. The highest BCUT2D eigenvalue weighted by Crippen LogP contribution is 2.19. The molecule has 4 nitrogen and oxygen atoms in total. The quantitative estimate of drug-likeness (QED) is 0.911. The largest absolute Gasteiger partial charge is 0.497 e. The van der Waals surface area contributed by atoms with E-state index in [9.17, 15) is 4.79 Å². The van der Waals surface area contributed by atoms with E-state index in [1.54, 1.807) is 7.11 Å². The topological polar surface area (TPSA) is 45.3 Å². The maximum atomic E-state index is 12.1. The van der Waals surface area contributed by atoms with Gasteiger partial charge in [-0.25, -0.2) is 0 Å². The number of nitrogens with one attached hydrogen (secondary N) is 1. The number of H-pyrrole nitrogens is 1. The van der Waals surface area contributed by atoms with Crippen LogP contribution in [0.4, 0.5) is 0 Å². The predicted octanol–water partition coefficient (Wildman–Crippen LogP) is 2.62. The summed E-state index contributed by atoms with van der Waals surface area (Å²) in [6, 6.07) is 7.62. The van der Waals surface area contributed by atoms with Crippen molar-refractivity contribution in [3.63, 3.8) is 0 Å². The van der Waals surface area contributed by atoms with E-state index >= 15 is 0 Å². The smallest absolute Gasteiger partial charge is 0.252 e. The van der Waals surface area contributed by atoms with Gasteiger partial charge in [0.2, 0.25) is 0 Å². The zero-order valence-electron chi connectivity index (χ0n) is 12.6. The molecule has 0 aliphatic carbocycles. The van der Waals surface area contributed by atoms with Crippen molar-refractivity contribution >= 4 is 10.9 Å². The lowest BCUT2D eigenvalue weighted by molar-refractivity contribution is 0.287. The molecule has 0 spiro atoms. The molecule has 4 heteroatoms. The maximum absolute atomic E-state index is 12.1. The highest BCUT2D eigenvalue weighted by atomic mass is 16.5. The SMILES string of the molecule is COc1ccc2[nH]c(=O)c(CN(C)CC(C)C)cc2c1. The van der Waals surface area contributed by atoms with Crippen molar-refractivity contribution in [3.05, 3.63) is 40.2 Å². The van der Waals surface area contributed by atoms with Crippen molar-refractivity contribution in [2.24, 2.45) is 5.92 Å². The summed E-state index contributed by atoms with van der Waals surface area (Å²) in [5.41, 5.74) is 1.61. The van der Waals surface area contributed by atoms with Gasteiger partial charge in [-0.3, -0.25) is 4.79 Å². The Morgan fingerprint density at radius 1 is 1.30 bits per heavy atom. The van der Waals surface area contributed by atoms with E-state index in [-0.39, 0.29) is 5.56 Å². The van der Waals surface area contributed by atoms with E-state index in [1.165, 1.54) is 0 Å². The third-order valence-electron chi connectivity index (χ3n) is 3.25. The number of ether oxygens (including phenoxy) is 1. The van der Waals surface area contributed by atoms with Gasteiger partial charge < -0.3 is 14.6 Å². The summed E-state index contributed by atoms with van der Waals surface area (Å²) in [4.78, 5) is 17.2. The van der Waals surface area contributed by atoms with E-state index in [1.807, 2.05) is 31.3 Å². The molecule has 20 heavy (non-hydrogen) atoms. The van der Waals surface area contributed by atoms with Gasteiger partial charge in [-0.2, -0.15) is 0 Å². The van der Waals surface area contributed by atoms with Crippen LogP contribution >= 0.6 is 0 Å². The first-order chi connectivity index (χ1) is 9.49. The molecule has 0 fully saturated rings. The van der Waals surface area contributed by atoms with Crippen LogP contribution in [0, 0.1) is 5.92 Å². The Bertz CT molecular complexity index is 646. The minimum atomic E-state index is -0.0155. The van der Waals surface area contributed by atoms with Crippen molar-refractivity contribution in [1.29, 1.82) is 0 Å². The first kappa shape index (κ1) is 14.6. The number of aromatic nitrogens is 1. The number of fused-ring (bicyclic) bond motifs is 1. The highest BCUT2D eigenvalue weighted by Gasteiger charge is 2.08. The van der Waals surface area contributed by atoms with Gasteiger partial charge in [0.25, 0.3) is 5.56 Å². The Kier molecular flexibility index (Phi) is 4.45. The van der Waals surface area contributed by atoms with Crippen molar-refractivity contribution in [2.45, 2.75) is 20.4 Å². The number of methoxy groups -OCH3 is 1. The average Bonchev–Trinajstić information content (AvgIpc) is 2.38. The van der Waals surface area contributed by atoms with Crippen molar-refractivity contribution < 1.29 is 4.74 Å². The first-order valence-electron chi connectivity index (χ1n) is 6.88. The third kappa shape index (κ3) is 3.39. The number of hydrogen-bond acceptors (Lipinski definition) is 3. The number of nitrogens with zero attached hydrogens (tertiary/aromatic N) is 1. The molecular formula is C16H22N2O2. The van der Waals surface area contributed by atoms with E-state index < -0.39 is 0 Å². The van der Waals surface area contributed by atoms with Gasteiger partial charge in [-0.05, 0) is 37.2 Å². The molecule has 0 unspecified atom stereocenters. The molecule has 0 amide bonds. The van der Waals surface area contributed by atoms with Crippen molar-refractivity contribution in [3.8, 4) is 5.75 Å². The molecule has 0 radical (unpaired) electrons. The summed E-state index contributed by atoms with van der Waals surface area (Å²) in [6.07, 6.45) is 0. The number of aromatic amines is 1. The van der Waals surface area contributed by atoms with E-state index in [4.69, 9.17) is 4.74 Å². The highest BCUT2D eigenvalue weighted by molar-refractivity contribution is 5.80. The van der Waals surface area contributed by atoms with Gasteiger partial charge in [-0.1, -0.05) is 13.8 Å². The number of pyridine rings is 1. The molecular weight excluding hydrogens is 252 g/mol. The second-order valence-electron chi connectivity index (χ2n) is 5.67. The van der Waals surface area contributed by atoms with Crippen LogP contribution in [0.2, 0.25) is 0 Å². The van der Waals surface area contributed by atoms with Crippen LogP contribution in [0.1, 0.15) is 19.4 Å². The molecule has 0 atom stereocenters. The summed E-state index contributed by atoms with van der Waals surface area (Å²) < 4.78 is 5.22. The summed E-state index contributed by atoms with van der Waals surface area (Å²) in [5, 5.41) is 0.997. The standard InChI is InChI=1S/C16H22N2O2/c1-11(2)9-18(3)10-13-7-12-8-14(20-4)5-6-15(12)17-16(13)19/h5-8,11H,9-10H2,1-4H3,(H,17,19). The first-order valence-corrected chi connectivity index (χ1v) is 6.88. The number of benzene rings is 1. The Morgan fingerprint density at radius 2 is 2.05 bits per heavy atom. The van der Waals surface area contributed by atoms with Gasteiger partial charge in [0.15, 0.2) is 0 Å². The lowest BCUT2D eigenvalue weighted by atomic mass is 10.1. The summed E-state index contributed by atoms with van der Waals surface area (Å²) in [7, 11) is 3.68. The molecule has 0 bridgehead atoms. The lowest BCUT2D eigenvalue weighted by Crippen LogP contribution is -2.26. The maximum Gasteiger partial charge on any atom is 0.252 e. The second kappa shape index (κ2) is 6.09. The molecule has 0 aliphatic rings. The number of hydrogen-bond donors (Lipinski definition) is 1. The minimum Gasteiger partial charge on any atom is -0.497 e. The van der Waals surface area contributed by atoms with Crippen LogP contribution in [0.15, 0.2) is 29.1 Å². The molecule has 2 rings (SSSR count). The molecule has 1 aromatic carbocycles. The molecule has 1 N–H and O–H groups in total. The van der Waals surface area contributed by atoms with Gasteiger partial charge >= 0.3 is 0 Å². The molecule has 0 saturated heterocycles. The molecule has 1 heterocycles. The summed E-state index contributed by atoms with van der Waals surface area (Å²) in [6.45, 7) is 5.97. The van der Waals surface area contributed by atoms with Crippen LogP contribution in [-0.2, 0) is 6.54 Å². The normalized spacial score (nSPS) is 11.5. The van der Waals surface area contributed by atoms with Gasteiger partial charge in [-0.15, -0.1) is 0 Å². The zero-order valence-corrected chi connectivity index (χ0v) is 12.6. The molecule has 0 aliphatic heterocycles. The van der Waals surface area contributed by atoms with Crippen molar-refractivity contribution in [1.82, 2.24) is 9.88 Å². The van der Waals surface area contributed by atoms with Crippen LogP contribution < -0.4 is 10.3 Å². The van der Waals surface area contributed by atoms with E-state index in [0.29, 0.717) is 12.5 Å². The number of rotatable bonds is 5. The van der Waals surface area contributed by atoms with Gasteiger partial charge in [0.05, 0.1) is 7.11 Å². The third-order valence-corrected chi connectivity index (χ3v) is 3.25. The molecule has 2 aromatic rings. The summed E-state index contributed by atoms with van der Waals surface area (Å²) in [5.74, 6) is 1.38. The van der Waals surface area contributed by atoms with E-state index in [2.05, 4.69) is 23.7 Å². The molecule has 0 saturated carbocycles. The monoisotopic (exact) mass is 274 g/mol. The lowest BCUT2D eigenvalue weighted by Gasteiger charge is -2.18. The van der Waals surface area contributed by atoms with Crippen LogP contribution in [0.5, 0.6) is 5.75 Å². The Hall–Kier alpha value is -1.81. The molecule has 1 aromatic heterocycles. The fourth-order valence-electron chi connectivity index (χ4n) is 2.45. The second-order valence-corrected chi connectivity index (χ2v) is 5.67. The van der Waals surface area contributed by atoms with Gasteiger partial charge in [0.1, 0.15) is 5.75 Å². The summed E-state index contributed by atoms with van der Waals surface area (Å²) >= 11 is 0. The van der Waals surface area contributed by atoms with Crippen LogP contribution in [0.25, 0.3) is 10.9 Å².